The first-order valence-electron chi connectivity index (χ1n) is 7.51. The van der Waals surface area contributed by atoms with Gasteiger partial charge in [0.1, 0.15) is 0 Å². The molecule has 1 saturated carbocycles. The van der Waals surface area contributed by atoms with E-state index in [1.165, 1.54) is 4.90 Å². The summed E-state index contributed by atoms with van der Waals surface area (Å²) < 4.78 is 0. The van der Waals surface area contributed by atoms with E-state index in [0.29, 0.717) is 12.8 Å². The van der Waals surface area contributed by atoms with E-state index in [1.54, 1.807) is 0 Å². The van der Waals surface area contributed by atoms with Crippen LogP contribution < -0.4 is 0 Å². The monoisotopic (exact) mass is 271 g/mol. The minimum atomic E-state index is -0.157. The van der Waals surface area contributed by atoms with Gasteiger partial charge in [-0.25, -0.2) is 0 Å². The molecule has 1 unspecified atom stereocenters. The van der Waals surface area contributed by atoms with E-state index in [-0.39, 0.29) is 23.3 Å². The van der Waals surface area contributed by atoms with Gasteiger partial charge in [-0.15, -0.1) is 0 Å². The zero-order chi connectivity index (χ0) is 14.2. The quantitative estimate of drug-likeness (QED) is 0.772. The Hall–Kier alpha value is -1.64. The summed E-state index contributed by atoms with van der Waals surface area (Å²) in [6, 6.07) is 9.64. The number of likely N-dealkylation sites (tertiary alicyclic amines) is 1. The van der Waals surface area contributed by atoms with Crippen LogP contribution in [0.4, 0.5) is 0 Å². The second-order valence-corrected chi connectivity index (χ2v) is 6.30. The number of benzene rings is 1. The molecule has 2 aliphatic rings. The maximum atomic E-state index is 12.5. The fraction of sp³-hybridized carbons (Fsp3) is 0.529. The molecule has 3 nitrogen and oxygen atoms in total. The van der Waals surface area contributed by atoms with Crippen molar-refractivity contribution in [2.24, 2.45) is 5.41 Å². The molecule has 1 atom stereocenters. The van der Waals surface area contributed by atoms with Crippen molar-refractivity contribution in [2.45, 2.75) is 51.5 Å². The fourth-order valence-electron chi connectivity index (χ4n) is 3.80. The summed E-state index contributed by atoms with van der Waals surface area (Å²) in [5.74, 6) is 0.0269. The molecule has 20 heavy (non-hydrogen) atoms. The van der Waals surface area contributed by atoms with Crippen molar-refractivity contribution in [3.05, 3.63) is 35.9 Å². The molecule has 0 radical (unpaired) electrons. The van der Waals surface area contributed by atoms with Crippen LogP contribution in [0, 0.1) is 5.41 Å². The van der Waals surface area contributed by atoms with Gasteiger partial charge in [0.25, 0.3) is 0 Å². The van der Waals surface area contributed by atoms with Crippen LogP contribution in [-0.4, -0.2) is 16.7 Å². The van der Waals surface area contributed by atoms with Crippen LogP contribution in [0.2, 0.25) is 0 Å². The molecule has 0 aromatic heterocycles. The Balaban J connectivity index is 1.81. The number of carbonyl (C=O) groups is 2. The van der Waals surface area contributed by atoms with E-state index in [1.807, 2.05) is 37.3 Å². The van der Waals surface area contributed by atoms with E-state index in [0.717, 1.165) is 31.2 Å². The molecule has 1 aliphatic carbocycles. The number of piperidine rings is 1. The Morgan fingerprint density at radius 2 is 1.55 bits per heavy atom. The molecule has 3 heteroatoms. The van der Waals surface area contributed by atoms with E-state index < -0.39 is 0 Å². The number of rotatable bonds is 2. The lowest BCUT2D eigenvalue weighted by Crippen LogP contribution is -2.48. The van der Waals surface area contributed by atoms with Crippen molar-refractivity contribution in [3.63, 3.8) is 0 Å². The third kappa shape index (κ3) is 2.26. The number of hydrogen-bond donors (Lipinski definition) is 0. The van der Waals surface area contributed by atoms with Gasteiger partial charge < -0.3 is 0 Å². The van der Waals surface area contributed by atoms with Gasteiger partial charge in [0.05, 0.1) is 6.04 Å². The maximum Gasteiger partial charge on any atom is 0.230 e. The molecule has 2 fully saturated rings. The van der Waals surface area contributed by atoms with Gasteiger partial charge in [-0.1, -0.05) is 43.2 Å². The molecule has 1 aromatic rings. The molecule has 2 amide bonds. The van der Waals surface area contributed by atoms with Crippen LogP contribution in [0.25, 0.3) is 0 Å². The summed E-state index contributed by atoms with van der Waals surface area (Å²) in [6.45, 7) is 1.94. The van der Waals surface area contributed by atoms with Gasteiger partial charge in [0.2, 0.25) is 11.8 Å². The highest BCUT2D eigenvalue weighted by Crippen LogP contribution is 2.48. The number of amides is 2. The third-order valence-corrected chi connectivity index (χ3v) is 4.92. The Morgan fingerprint density at radius 3 is 2.10 bits per heavy atom. The summed E-state index contributed by atoms with van der Waals surface area (Å²) in [6.07, 6.45) is 5.51. The minimum absolute atomic E-state index is 0.0128. The molecule has 1 aliphatic heterocycles. The van der Waals surface area contributed by atoms with Gasteiger partial charge in [-0.3, -0.25) is 14.5 Å². The van der Waals surface area contributed by atoms with Crippen molar-refractivity contribution >= 4 is 11.8 Å². The first-order chi connectivity index (χ1) is 9.61. The largest absolute Gasteiger partial charge is 0.275 e. The van der Waals surface area contributed by atoms with Gasteiger partial charge >= 0.3 is 0 Å². The van der Waals surface area contributed by atoms with Crippen LogP contribution in [-0.2, 0) is 9.59 Å². The van der Waals surface area contributed by atoms with Crippen LogP contribution >= 0.6 is 0 Å². The molecular weight excluding hydrogens is 250 g/mol. The molecule has 3 rings (SSSR count). The number of hydrogen-bond acceptors (Lipinski definition) is 2. The molecule has 1 saturated heterocycles. The van der Waals surface area contributed by atoms with E-state index >= 15 is 0 Å². The maximum absolute atomic E-state index is 12.5. The first-order valence-corrected chi connectivity index (χ1v) is 7.51. The Labute approximate surface area is 120 Å². The zero-order valence-electron chi connectivity index (χ0n) is 12.0. The van der Waals surface area contributed by atoms with E-state index in [4.69, 9.17) is 0 Å². The molecule has 0 bridgehead atoms. The SMILES string of the molecule is CC(c1ccccc1)N1C(=O)CC2(CCCC2)CC1=O. The summed E-state index contributed by atoms with van der Waals surface area (Å²) in [5.41, 5.74) is 1.01. The number of imide groups is 1. The summed E-state index contributed by atoms with van der Waals surface area (Å²) in [7, 11) is 0. The lowest BCUT2D eigenvalue weighted by molar-refractivity contribution is -0.156. The van der Waals surface area contributed by atoms with E-state index in [9.17, 15) is 9.59 Å². The van der Waals surface area contributed by atoms with Gasteiger partial charge in [-0.05, 0) is 30.7 Å². The van der Waals surface area contributed by atoms with Crippen LogP contribution in [0.1, 0.15) is 57.1 Å². The van der Waals surface area contributed by atoms with Gasteiger partial charge in [0, 0.05) is 12.8 Å². The lowest BCUT2D eigenvalue weighted by Gasteiger charge is -2.39. The third-order valence-electron chi connectivity index (χ3n) is 4.92. The van der Waals surface area contributed by atoms with Gasteiger partial charge in [0.15, 0.2) is 0 Å². The molecule has 1 heterocycles. The Kier molecular flexibility index (Phi) is 3.36. The highest BCUT2D eigenvalue weighted by atomic mass is 16.2. The summed E-state index contributed by atoms with van der Waals surface area (Å²) >= 11 is 0. The predicted molar refractivity (Wildman–Crippen MR) is 76.8 cm³/mol. The lowest BCUT2D eigenvalue weighted by atomic mass is 9.76. The topological polar surface area (TPSA) is 37.4 Å². The second kappa shape index (κ2) is 5.04. The summed E-state index contributed by atoms with van der Waals surface area (Å²) in [5, 5.41) is 0. The van der Waals surface area contributed by atoms with Crippen LogP contribution in [0.15, 0.2) is 30.3 Å². The Bertz CT molecular complexity index is 497. The standard InChI is InChI=1S/C17H21NO2/c1-13(14-7-3-2-4-8-14)18-15(19)11-17(12-16(18)20)9-5-6-10-17/h2-4,7-8,13H,5-6,9-12H2,1H3. The highest BCUT2D eigenvalue weighted by molar-refractivity contribution is 5.99. The molecule has 0 N–H and O–H groups in total. The average Bonchev–Trinajstić information content (AvgIpc) is 2.86. The first kappa shape index (κ1) is 13.3. The van der Waals surface area contributed by atoms with Crippen LogP contribution in [0.3, 0.4) is 0 Å². The van der Waals surface area contributed by atoms with Crippen molar-refractivity contribution in [1.82, 2.24) is 4.90 Å². The average molecular weight is 271 g/mol. The molecule has 1 aromatic carbocycles. The van der Waals surface area contributed by atoms with Crippen LogP contribution in [0.5, 0.6) is 0 Å². The molecular formula is C17H21NO2. The number of carbonyl (C=O) groups excluding carboxylic acids is 2. The summed E-state index contributed by atoms with van der Waals surface area (Å²) in [4.78, 5) is 26.5. The van der Waals surface area contributed by atoms with Crippen molar-refractivity contribution in [2.75, 3.05) is 0 Å². The van der Waals surface area contributed by atoms with E-state index in [2.05, 4.69) is 0 Å². The Morgan fingerprint density at radius 1 is 1.00 bits per heavy atom. The predicted octanol–water partition coefficient (Wildman–Crippen LogP) is 3.46. The van der Waals surface area contributed by atoms with Gasteiger partial charge in [-0.2, -0.15) is 0 Å². The van der Waals surface area contributed by atoms with Crippen molar-refractivity contribution < 1.29 is 9.59 Å². The highest BCUT2D eigenvalue weighted by Gasteiger charge is 2.46. The molecule has 106 valence electrons. The zero-order valence-corrected chi connectivity index (χ0v) is 12.0. The fourth-order valence-corrected chi connectivity index (χ4v) is 3.80. The number of nitrogens with zero attached hydrogens (tertiary/aromatic N) is 1. The van der Waals surface area contributed by atoms with Crippen molar-refractivity contribution in [3.8, 4) is 0 Å². The smallest absolute Gasteiger partial charge is 0.230 e. The van der Waals surface area contributed by atoms with Crippen molar-refractivity contribution in [1.29, 1.82) is 0 Å². The molecule has 1 spiro atoms. The second-order valence-electron chi connectivity index (χ2n) is 6.30. The minimum Gasteiger partial charge on any atom is -0.275 e. The normalized spacial score (nSPS) is 23.4.